The van der Waals surface area contributed by atoms with Crippen LogP contribution >= 0.6 is 0 Å². The van der Waals surface area contributed by atoms with Gasteiger partial charge in [0.05, 0.1) is 24.1 Å². The zero-order chi connectivity index (χ0) is 23.2. The molecule has 0 radical (unpaired) electrons. The van der Waals surface area contributed by atoms with Gasteiger partial charge in [0.25, 0.3) is 0 Å². The molecular formula is C26H27F3N2O2. The van der Waals surface area contributed by atoms with Crippen molar-refractivity contribution in [3.63, 3.8) is 0 Å². The molecule has 7 heteroatoms. The van der Waals surface area contributed by atoms with Gasteiger partial charge in [-0.15, -0.1) is 0 Å². The van der Waals surface area contributed by atoms with E-state index in [1.165, 1.54) is 32.1 Å². The van der Waals surface area contributed by atoms with Crippen LogP contribution in [0.5, 0.6) is 0 Å². The summed E-state index contributed by atoms with van der Waals surface area (Å²) in [5.41, 5.74) is 3.03. The number of aromatic nitrogens is 1. The molecule has 0 spiro atoms. The van der Waals surface area contributed by atoms with Crippen LogP contribution in [0.4, 0.5) is 18.9 Å². The number of methoxy groups -OCH3 is 1. The molecule has 2 aliphatic rings. The minimum absolute atomic E-state index is 0.120. The molecule has 3 aromatic rings. The normalized spacial score (nSPS) is 17.5. The highest BCUT2D eigenvalue weighted by Gasteiger charge is 2.34. The van der Waals surface area contributed by atoms with Crippen LogP contribution in [0.2, 0.25) is 0 Å². The van der Waals surface area contributed by atoms with Gasteiger partial charge >= 0.3 is 12.1 Å². The van der Waals surface area contributed by atoms with Crippen LogP contribution in [0.1, 0.15) is 36.8 Å². The second kappa shape index (κ2) is 8.43. The number of benzene rings is 2. The molecule has 0 N–H and O–H groups in total. The van der Waals surface area contributed by atoms with Crippen molar-refractivity contribution >= 4 is 22.6 Å². The molecular weight excluding hydrogens is 429 g/mol. The maximum atomic E-state index is 13.4. The highest BCUT2D eigenvalue weighted by Crippen LogP contribution is 2.37. The predicted molar refractivity (Wildman–Crippen MR) is 122 cm³/mol. The van der Waals surface area contributed by atoms with Gasteiger partial charge in [-0.25, -0.2) is 0 Å². The molecule has 2 fully saturated rings. The number of ether oxygens (including phenoxy) is 1. The number of anilines is 1. The third kappa shape index (κ3) is 4.21. The zero-order valence-corrected chi connectivity index (χ0v) is 18.6. The lowest BCUT2D eigenvalue weighted by Crippen LogP contribution is -2.50. The monoisotopic (exact) mass is 456 g/mol. The van der Waals surface area contributed by atoms with E-state index >= 15 is 0 Å². The van der Waals surface area contributed by atoms with E-state index in [0.717, 1.165) is 41.7 Å². The number of alkyl halides is 3. The largest absolute Gasteiger partial charge is 0.469 e. The van der Waals surface area contributed by atoms with Gasteiger partial charge in [0.2, 0.25) is 0 Å². The molecule has 0 amide bonds. The van der Waals surface area contributed by atoms with Crippen molar-refractivity contribution in [2.45, 2.75) is 38.3 Å². The van der Waals surface area contributed by atoms with Crippen LogP contribution in [0.3, 0.4) is 0 Å². The Balaban J connectivity index is 1.51. The number of carbonyl (C=O) groups is 1. The third-order valence-electron chi connectivity index (χ3n) is 7.09. The molecule has 1 aromatic heterocycles. The van der Waals surface area contributed by atoms with E-state index in [9.17, 15) is 18.0 Å². The Hall–Kier alpha value is -2.96. The molecule has 5 rings (SSSR count). The first-order chi connectivity index (χ1) is 15.8. The summed E-state index contributed by atoms with van der Waals surface area (Å²) in [7, 11) is 1.40. The number of fused-ring (bicyclic) bond motifs is 1. The molecule has 2 heterocycles. The Bertz CT molecular complexity index is 1170. The quantitative estimate of drug-likeness (QED) is 0.442. The fraction of sp³-hybridized carbons (Fsp3) is 0.423. The second-order valence-electron chi connectivity index (χ2n) is 9.25. The first kappa shape index (κ1) is 21.9. The third-order valence-corrected chi connectivity index (χ3v) is 7.09. The SMILES string of the molecule is COC(=O)C1CN(c2cccc(-n3cc(CC4CCCC4)c4cc(C(F)(F)F)ccc43)c2)C1. The molecule has 1 saturated carbocycles. The number of esters is 1. The number of halogens is 3. The zero-order valence-electron chi connectivity index (χ0n) is 18.6. The van der Waals surface area contributed by atoms with Crippen molar-refractivity contribution in [2.24, 2.45) is 11.8 Å². The molecule has 0 atom stereocenters. The molecule has 2 aromatic carbocycles. The van der Waals surface area contributed by atoms with Crippen molar-refractivity contribution < 1.29 is 22.7 Å². The van der Waals surface area contributed by atoms with Crippen LogP contribution in [0.15, 0.2) is 48.7 Å². The van der Waals surface area contributed by atoms with E-state index in [0.29, 0.717) is 24.4 Å². The lowest BCUT2D eigenvalue weighted by Gasteiger charge is -2.39. The smallest absolute Gasteiger partial charge is 0.416 e. The van der Waals surface area contributed by atoms with Gasteiger partial charge in [-0.3, -0.25) is 4.79 Å². The average molecular weight is 457 g/mol. The van der Waals surface area contributed by atoms with E-state index in [-0.39, 0.29) is 11.9 Å². The summed E-state index contributed by atoms with van der Waals surface area (Å²) >= 11 is 0. The lowest BCUT2D eigenvalue weighted by atomic mass is 9.97. The first-order valence-electron chi connectivity index (χ1n) is 11.5. The van der Waals surface area contributed by atoms with Crippen LogP contribution in [0, 0.1) is 11.8 Å². The maximum absolute atomic E-state index is 13.4. The summed E-state index contributed by atoms with van der Waals surface area (Å²) in [6.45, 7) is 1.20. The van der Waals surface area contributed by atoms with E-state index in [1.54, 1.807) is 6.07 Å². The van der Waals surface area contributed by atoms with E-state index in [2.05, 4.69) is 4.90 Å². The summed E-state index contributed by atoms with van der Waals surface area (Å²) in [5.74, 6) is 0.210. The van der Waals surface area contributed by atoms with Gasteiger partial charge in [-0.1, -0.05) is 31.7 Å². The van der Waals surface area contributed by atoms with Crippen molar-refractivity contribution in [1.82, 2.24) is 4.57 Å². The highest BCUT2D eigenvalue weighted by atomic mass is 19.4. The van der Waals surface area contributed by atoms with Gasteiger partial charge in [-0.2, -0.15) is 13.2 Å². The number of rotatable bonds is 5. The van der Waals surface area contributed by atoms with Gasteiger partial charge in [0.15, 0.2) is 0 Å². The molecule has 1 saturated heterocycles. The molecule has 33 heavy (non-hydrogen) atoms. The maximum Gasteiger partial charge on any atom is 0.416 e. The summed E-state index contributed by atoms with van der Waals surface area (Å²) in [4.78, 5) is 13.8. The minimum Gasteiger partial charge on any atom is -0.469 e. The van der Waals surface area contributed by atoms with Gasteiger partial charge in [0, 0.05) is 36.0 Å². The van der Waals surface area contributed by atoms with Crippen molar-refractivity contribution in [1.29, 1.82) is 0 Å². The second-order valence-corrected chi connectivity index (χ2v) is 9.25. The Morgan fingerprint density at radius 2 is 1.79 bits per heavy atom. The number of carbonyl (C=O) groups excluding carboxylic acids is 1. The van der Waals surface area contributed by atoms with Crippen LogP contribution in [0.25, 0.3) is 16.6 Å². The fourth-order valence-electron chi connectivity index (χ4n) is 5.22. The Morgan fingerprint density at radius 3 is 2.48 bits per heavy atom. The highest BCUT2D eigenvalue weighted by molar-refractivity contribution is 5.87. The minimum atomic E-state index is -4.37. The summed E-state index contributed by atoms with van der Waals surface area (Å²) in [5, 5.41) is 0.678. The Morgan fingerprint density at radius 1 is 1.06 bits per heavy atom. The molecule has 174 valence electrons. The molecule has 0 unspecified atom stereocenters. The standard InChI is InChI=1S/C26H27F3N2O2/c1-33-25(32)19-14-30(15-19)21-7-4-8-22(13-21)31-16-18(11-17-5-2-3-6-17)23-12-20(26(27,28)29)9-10-24(23)31/h4,7-10,12-13,16-17,19H,2-3,5-6,11,14-15H2,1H3. The van der Waals surface area contributed by atoms with E-state index in [1.807, 2.05) is 35.0 Å². The van der Waals surface area contributed by atoms with Crippen molar-refractivity contribution in [3.05, 3.63) is 59.8 Å². The molecule has 1 aliphatic heterocycles. The predicted octanol–water partition coefficient (Wildman–Crippen LogP) is 5.99. The number of nitrogens with zero attached hydrogens (tertiary/aromatic N) is 2. The number of hydrogen-bond donors (Lipinski definition) is 0. The Kier molecular flexibility index (Phi) is 5.59. The molecule has 4 nitrogen and oxygen atoms in total. The van der Waals surface area contributed by atoms with Crippen molar-refractivity contribution in [3.8, 4) is 5.69 Å². The van der Waals surface area contributed by atoms with E-state index in [4.69, 9.17) is 4.74 Å². The van der Waals surface area contributed by atoms with Gasteiger partial charge < -0.3 is 14.2 Å². The summed E-state index contributed by atoms with van der Waals surface area (Å²) in [6, 6.07) is 12.0. The summed E-state index contributed by atoms with van der Waals surface area (Å²) in [6.07, 6.45) is 3.11. The summed E-state index contributed by atoms with van der Waals surface area (Å²) < 4.78 is 47.1. The van der Waals surface area contributed by atoms with E-state index < -0.39 is 11.7 Å². The van der Waals surface area contributed by atoms with Gasteiger partial charge in [0.1, 0.15) is 0 Å². The van der Waals surface area contributed by atoms with Crippen LogP contribution in [-0.4, -0.2) is 30.7 Å². The average Bonchev–Trinajstić information content (AvgIpc) is 3.40. The fourth-order valence-corrected chi connectivity index (χ4v) is 5.22. The topological polar surface area (TPSA) is 34.5 Å². The van der Waals surface area contributed by atoms with Crippen molar-refractivity contribution in [2.75, 3.05) is 25.1 Å². The van der Waals surface area contributed by atoms with Crippen LogP contribution < -0.4 is 4.90 Å². The van der Waals surface area contributed by atoms with Gasteiger partial charge in [-0.05, 0) is 54.3 Å². The lowest BCUT2D eigenvalue weighted by molar-refractivity contribution is -0.146. The molecule has 0 bridgehead atoms. The molecule has 1 aliphatic carbocycles. The number of hydrogen-bond acceptors (Lipinski definition) is 3. The first-order valence-corrected chi connectivity index (χ1v) is 11.5. The van der Waals surface area contributed by atoms with Crippen LogP contribution in [-0.2, 0) is 22.1 Å². The Labute approximate surface area is 190 Å².